The Labute approximate surface area is 152 Å². The lowest BCUT2D eigenvalue weighted by molar-refractivity contribution is -0.326. The Kier molecular flexibility index (Phi) is 8.81. The number of rotatable bonds is 8. The SMILES string of the molecule is CC(C)(C)[C@H](O)[C@@H](O)[C@H](O[C@@H]1OC(CCO)[C@H](O)[C@H](O)C1O)[C@H](O)CO. The summed E-state index contributed by atoms with van der Waals surface area (Å²) >= 11 is 0. The standard InChI is InChI=1S/C16H32O10/c1-16(2,3)14(24)12(23)13(7(19)6-18)26-15-11(22)10(21)9(20)8(25-15)4-5-17/h7-15,17-24H,4-6H2,1-3H3/t7-,8?,9+,10+,11?,12+,13-,14-,15+/m1/s1. The monoisotopic (exact) mass is 384 g/mol. The molecule has 0 bridgehead atoms. The fourth-order valence-corrected chi connectivity index (χ4v) is 2.74. The zero-order valence-electron chi connectivity index (χ0n) is 15.2. The molecule has 1 heterocycles. The molecular formula is C16H32O10. The fraction of sp³-hybridized carbons (Fsp3) is 1.00. The third-order valence-electron chi connectivity index (χ3n) is 4.49. The van der Waals surface area contributed by atoms with Gasteiger partial charge in [0, 0.05) is 6.61 Å². The van der Waals surface area contributed by atoms with Crippen molar-refractivity contribution in [2.24, 2.45) is 5.41 Å². The van der Waals surface area contributed by atoms with Crippen LogP contribution in [0.1, 0.15) is 27.2 Å². The lowest BCUT2D eigenvalue weighted by atomic mass is 9.83. The Hall–Kier alpha value is -0.400. The Morgan fingerprint density at radius 1 is 0.962 bits per heavy atom. The summed E-state index contributed by atoms with van der Waals surface area (Å²) in [6.07, 6.45) is -13.7. The predicted octanol–water partition coefficient (Wildman–Crippen LogP) is -3.32. The van der Waals surface area contributed by atoms with Gasteiger partial charge in [-0.1, -0.05) is 20.8 Å². The highest BCUT2D eigenvalue weighted by atomic mass is 16.7. The fourth-order valence-electron chi connectivity index (χ4n) is 2.74. The molecule has 26 heavy (non-hydrogen) atoms. The van der Waals surface area contributed by atoms with Crippen molar-refractivity contribution in [2.45, 2.75) is 82.3 Å². The molecule has 1 saturated heterocycles. The van der Waals surface area contributed by atoms with E-state index in [1.165, 1.54) is 0 Å². The summed E-state index contributed by atoms with van der Waals surface area (Å²) < 4.78 is 10.7. The summed E-state index contributed by atoms with van der Waals surface area (Å²) in [5.41, 5.74) is -0.780. The topological polar surface area (TPSA) is 180 Å². The smallest absolute Gasteiger partial charge is 0.187 e. The van der Waals surface area contributed by atoms with Gasteiger partial charge in [0.25, 0.3) is 0 Å². The maximum atomic E-state index is 10.4. The van der Waals surface area contributed by atoms with E-state index in [2.05, 4.69) is 0 Å². The van der Waals surface area contributed by atoms with Crippen molar-refractivity contribution in [3.8, 4) is 0 Å². The quantitative estimate of drug-likeness (QED) is 0.211. The molecule has 156 valence electrons. The minimum Gasteiger partial charge on any atom is -0.396 e. The van der Waals surface area contributed by atoms with E-state index in [-0.39, 0.29) is 13.0 Å². The molecule has 1 aliphatic heterocycles. The van der Waals surface area contributed by atoms with Gasteiger partial charge in [0.2, 0.25) is 0 Å². The van der Waals surface area contributed by atoms with Gasteiger partial charge < -0.3 is 50.3 Å². The zero-order valence-corrected chi connectivity index (χ0v) is 15.2. The largest absolute Gasteiger partial charge is 0.396 e. The Balaban J connectivity index is 2.99. The third kappa shape index (κ3) is 5.55. The Bertz CT molecular complexity index is 414. The lowest BCUT2D eigenvalue weighted by Crippen LogP contribution is -2.61. The average molecular weight is 384 g/mol. The maximum Gasteiger partial charge on any atom is 0.187 e. The molecule has 0 radical (unpaired) electrons. The van der Waals surface area contributed by atoms with Crippen LogP contribution in [0.25, 0.3) is 0 Å². The van der Waals surface area contributed by atoms with E-state index in [1.54, 1.807) is 20.8 Å². The minimum atomic E-state index is -1.72. The van der Waals surface area contributed by atoms with Crippen LogP contribution < -0.4 is 0 Å². The molecule has 10 nitrogen and oxygen atoms in total. The van der Waals surface area contributed by atoms with E-state index in [4.69, 9.17) is 14.6 Å². The van der Waals surface area contributed by atoms with Crippen molar-refractivity contribution < 1.29 is 50.3 Å². The number of ether oxygens (including phenoxy) is 2. The Morgan fingerprint density at radius 2 is 1.54 bits per heavy atom. The van der Waals surface area contributed by atoms with Gasteiger partial charge in [-0.15, -0.1) is 0 Å². The van der Waals surface area contributed by atoms with Crippen LogP contribution in [-0.2, 0) is 9.47 Å². The lowest BCUT2D eigenvalue weighted by Gasteiger charge is -2.43. The van der Waals surface area contributed by atoms with Crippen LogP contribution in [0.4, 0.5) is 0 Å². The van der Waals surface area contributed by atoms with E-state index < -0.39 is 67.1 Å². The summed E-state index contributed by atoms with van der Waals surface area (Å²) in [7, 11) is 0. The van der Waals surface area contributed by atoms with Crippen molar-refractivity contribution >= 4 is 0 Å². The molecule has 1 fully saturated rings. The molecule has 9 atom stereocenters. The Morgan fingerprint density at radius 3 is 2.00 bits per heavy atom. The molecule has 0 spiro atoms. The van der Waals surface area contributed by atoms with Crippen LogP contribution in [0.15, 0.2) is 0 Å². The number of aliphatic hydroxyl groups excluding tert-OH is 8. The molecule has 0 saturated carbocycles. The molecule has 8 N–H and O–H groups in total. The summed E-state index contributed by atoms with van der Waals surface area (Å²) in [6.45, 7) is 3.78. The molecule has 0 aromatic heterocycles. The second-order valence-corrected chi connectivity index (χ2v) is 7.68. The first-order chi connectivity index (χ1) is 11.9. The normalized spacial score (nSPS) is 35.0. The highest BCUT2D eigenvalue weighted by Gasteiger charge is 2.47. The van der Waals surface area contributed by atoms with Crippen molar-refractivity contribution in [1.82, 2.24) is 0 Å². The van der Waals surface area contributed by atoms with Crippen LogP contribution in [0.2, 0.25) is 0 Å². The predicted molar refractivity (Wildman–Crippen MR) is 87.8 cm³/mol. The van der Waals surface area contributed by atoms with Crippen molar-refractivity contribution in [3.05, 3.63) is 0 Å². The van der Waals surface area contributed by atoms with E-state index in [0.29, 0.717) is 0 Å². The van der Waals surface area contributed by atoms with Gasteiger partial charge >= 0.3 is 0 Å². The maximum absolute atomic E-state index is 10.4. The molecular weight excluding hydrogens is 352 g/mol. The van der Waals surface area contributed by atoms with Crippen LogP contribution in [-0.4, -0.2) is 109 Å². The van der Waals surface area contributed by atoms with E-state index >= 15 is 0 Å². The average Bonchev–Trinajstić information content (AvgIpc) is 2.58. The molecule has 1 rings (SSSR count). The molecule has 0 aromatic carbocycles. The second-order valence-electron chi connectivity index (χ2n) is 7.68. The zero-order chi connectivity index (χ0) is 20.2. The van der Waals surface area contributed by atoms with Gasteiger partial charge in [0.1, 0.15) is 36.6 Å². The third-order valence-corrected chi connectivity index (χ3v) is 4.49. The first-order valence-corrected chi connectivity index (χ1v) is 8.56. The van der Waals surface area contributed by atoms with Gasteiger partial charge in [-0.05, 0) is 11.8 Å². The highest BCUT2D eigenvalue weighted by molar-refractivity contribution is 4.92. The van der Waals surface area contributed by atoms with Gasteiger partial charge in [0.15, 0.2) is 6.29 Å². The highest BCUT2D eigenvalue weighted by Crippen LogP contribution is 2.29. The van der Waals surface area contributed by atoms with E-state index in [1.807, 2.05) is 0 Å². The van der Waals surface area contributed by atoms with Gasteiger partial charge in [-0.2, -0.15) is 0 Å². The van der Waals surface area contributed by atoms with Crippen LogP contribution >= 0.6 is 0 Å². The van der Waals surface area contributed by atoms with Crippen LogP contribution in [0.3, 0.4) is 0 Å². The summed E-state index contributed by atoms with van der Waals surface area (Å²) in [5, 5.41) is 78.7. The summed E-state index contributed by atoms with van der Waals surface area (Å²) in [4.78, 5) is 0. The van der Waals surface area contributed by atoms with Crippen molar-refractivity contribution in [1.29, 1.82) is 0 Å². The van der Waals surface area contributed by atoms with Crippen LogP contribution in [0, 0.1) is 5.41 Å². The molecule has 0 amide bonds. The van der Waals surface area contributed by atoms with Crippen molar-refractivity contribution in [3.63, 3.8) is 0 Å². The van der Waals surface area contributed by atoms with Gasteiger partial charge in [0.05, 0.1) is 18.8 Å². The van der Waals surface area contributed by atoms with Crippen LogP contribution in [0.5, 0.6) is 0 Å². The molecule has 10 heteroatoms. The molecule has 2 unspecified atom stereocenters. The number of hydrogen-bond donors (Lipinski definition) is 8. The summed E-state index contributed by atoms with van der Waals surface area (Å²) in [5.74, 6) is 0. The number of hydrogen-bond acceptors (Lipinski definition) is 10. The van der Waals surface area contributed by atoms with E-state index in [9.17, 15) is 35.7 Å². The first kappa shape index (κ1) is 23.6. The van der Waals surface area contributed by atoms with Gasteiger partial charge in [-0.3, -0.25) is 0 Å². The summed E-state index contributed by atoms with van der Waals surface area (Å²) in [6, 6.07) is 0. The number of aliphatic hydroxyl groups is 8. The van der Waals surface area contributed by atoms with E-state index in [0.717, 1.165) is 0 Å². The second kappa shape index (κ2) is 9.69. The van der Waals surface area contributed by atoms with Crippen molar-refractivity contribution in [2.75, 3.05) is 13.2 Å². The van der Waals surface area contributed by atoms with Gasteiger partial charge in [-0.25, -0.2) is 0 Å². The first-order valence-electron chi connectivity index (χ1n) is 8.56. The molecule has 1 aliphatic rings. The molecule has 0 aromatic rings. The minimum absolute atomic E-state index is 0.0504. The molecule has 0 aliphatic carbocycles.